The third kappa shape index (κ3) is 0.991. The quantitative estimate of drug-likeness (QED) is 0.550. The maximum absolute atomic E-state index is 5.60. The predicted octanol–water partition coefficient (Wildman–Crippen LogP) is 0.357. The van der Waals surface area contributed by atoms with Crippen molar-refractivity contribution in [1.29, 1.82) is 0 Å². The Morgan fingerprint density at radius 1 is 1.27 bits per heavy atom. The van der Waals surface area contributed by atoms with Crippen molar-refractivity contribution in [2.45, 2.75) is 25.7 Å². The van der Waals surface area contributed by atoms with Gasteiger partial charge in [-0.25, -0.2) is 0 Å². The topological polar surface area (TPSA) is 30.5 Å². The molecule has 0 saturated carbocycles. The van der Waals surface area contributed by atoms with Crippen LogP contribution >= 0.6 is 0 Å². The summed E-state index contributed by atoms with van der Waals surface area (Å²) in [5.74, 6) is 0.171. The Morgan fingerprint density at radius 3 is 2.36 bits per heavy atom. The lowest BCUT2D eigenvalue weighted by Gasteiger charge is -2.26. The molecule has 2 heterocycles. The van der Waals surface area contributed by atoms with Gasteiger partial charge in [-0.1, -0.05) is 6.92 Å². The van der Waals surface area contributed by atoms with Crippen LogP contribution < -0.4 is 5.32 Å². The van der Waals surface area contributed by atoms with Crippen LogP contribution in [0.15, 0.2) is 0 Å². The van der Waals surface area contributed by atoms with Crippen molar-refractivity contribution in [1.82, 2.24) is 5.32 Å². The fraction of sp³-hybridized carbons (Fsp3) is 1.00. The summed E-state index contributed by atoms with van der Waals surface area (Å²) in [6.07, 6.45) is 0. The first-order valence-electron chi connectivity index (χ1n) is 4.26. The lowest BCUT2D eigenvalue weighted by molar-refractivity contribution is -0.168. The van der Waals surface area contributed by atoms with E-state index in [9.17, 15) is 0 Å². The molecule has 1 spiro atoms. The van der Waals surface area contributed by atoms with E-state index in [1.54, 1.807) is 0 Å². The van der Waals surface area contributed by atoms with Gasteiger partial charge < -0.3 is 14.8 Å². The normalized spacial score (nSPS) is 42.0. The van der Waals surface area contributed by atoms with Crippen LogP contribution in [0.1, 0.15) is 13.8 Å². The van der Waals surface area contributed by atoms with Crippen molar-refractivity contribution >= 4 is 0 Å². The van der Waals surface area contributed by atoms with E-state index in [4.69, 9.17) is 9.47 Å². The molecule has 2 rings (SSSR count). The van der Waals surface area contributed by atoms with Crippen LogP contribution in [0.4, 0.5) is 0 Å². The SMILES string of the molecule is CC1NCC2(OCCO2)C1C. The Kier molecular flexibility index (Phi) is 1.67. The fourth-order valence-electron chi connectivity index (χ4n) is 1.86. The van der Waals surface area contributed by atoms with Gasteiger partial charge in [0.1, 0.15) is 0 Å². The molecule has 0 amide bonds. The van der Waals surface area contributed by atoms with E-state index in [-0.39, 0.29) is 5.79 Å². The van der Waals surface area contributed by atoms with Gasteiger partial charge in [0.2, 0.25) is 0 Å². The van der Waals surface area contributed by atoms with Crippen LogP contribution in [-0.2, 0) is 9.47 Å². The summed E-state index contributed by atoms with van der Waals surface area (Å²) >= 11 is 0. The van der Waals surface area contributed by atoms with E-state index >= 15 is 0 Å². The fourth-order valence-corrected chi connectivity index (χ4v) is 1.86. The van der Waals surface area contributed by atoms with Crippen LogP contribution in [0.2, 0.25) is 0 Å². The first-order chi connectivity index (χ1) is 5.25. The summed E-state index contributed by atoms with van der Waals surface area (Å²) in [6.45, 7) is 6.69. The van der Waals surface area contributed by atoms with Crippen molar-refractivity contribution in [3.63, 3.8) is 0 Å². The van der Waals surface area contributed by atoms with E-state index in [0.29, 0.717) is 12.0 Å². The highest BCUT2D eigenvalue weighted by molar-refractivity contribution is 4.94. The van der Waals surface area contributed by atoms with Crippen LogP contribution in [0, 0.1) is 5.92 Å². The molecule has 2 aliphatic heterocycles. The van der Waals surface area contributed by atoms with Gasteiger partial charge in [0.25, 0.3) is 0 Å². The first kappa shape index (κ1) is 7.53. The molecular weight excluding hydrogens is 142 g/mol. The summed E-state index contributed by atoms with van der Waals surface area (Å²) in [6, 6.07) is 0.507. The lowest BCUT2D eigenvalue weighted by atomic mass is 9.99. The number of nitrogens with one attached hydrogen (secondary N) is 1. The standard InChI is InChI=1S/C8H15NO2/c1-6-7(2)9-5-8(6)10-3-4-11-8/h6-7,9H,3-5H2,1-2H3. The van der Waals surface area contributed by atoms with Crippen LogP contribution in [-0.4, -0.2) is 31.6 Å². The van der Waals surface area contributed by atoms with Crippen LogP contribution in [0.3, 0.4) is 0 Å². The van der Waals surface area contributed by atoms with Gasteiger partial charge in [-0.15, -0.1) is 0 Å². The minimum atomic E-state index is -0.292. The number of rotatable bonds is 0. The maximum atomic E-state index is 5.60. The average molecular weight is 157 g/mol. The van der Waals surface area contributed by atoms with Crippen molar-refractivity contribution in [3.8, 4) is 0 Å². The largest absolute Gasteiger partial charge is 0.346 e. The molecular formula is C8H15NO2. The molecule has 64 valence electrons. The molecule has 0 aliphatic carbocycles. The van der Waals surface area contributed by atoms with Crippen LogP contribution in [0.25, 0.3) is 0 Å². The molecule has 3 nitrogen and oxygen atoms in total. The highest BCUT2D eigenvalue weighted by atomic mass is 16.7. The maximum Gasteiger partial charge on any atom is 0.184 e. The first-order valence-corrected chi connectivity index (χ1v) is 4.26. The average Bonchev–Trinajstić information content (AvgIpc) is 2.56. The molecule has 0 radical (unpaired) electrons. The molecule has 2 unspecified atom stereocenters. The zero-order valence-corrected chi connectivity index (χ0v) is 7.09. The lowest BCUT2D eigenvalue weighted by Crippen LogP contribution is -2.38. The molecule has 11 heavy (non-hydrogen) atoms. The summed E-state index contributed by atoms with van der Waals surface area (Å²) in [5.41, 5.74) is 0. The van der Waals surface area contributed by atoms with Gasteiger partial charge in [-0.2, -0.15) is 0 Å². The van der Waals surface area contributed by atoms with E-state index in [1.807, 2.05) is 0 Å². The van der Waals surface area contributed by atoms with Crippen molar-refractivity contribution < 1.29 is 9.47 Å². The molecule has 0 bridgehead atoms. The minimum absolute atomic E-state index is 0.292. The highest BCUT2D eigenvalue weighted by Crippen LogP contribution is 2.34. The highest BCUT2D eigenvalue weighted by Gasteiger charge is 2.48. The summed E-state index contributed by atoms with van der Waals surface area (Å²) in [5, 5.41) is 3.35. The second-order valence-corrected chi connectivity index (χ2v) is 3.47. The van der Waals surface area contributed by atoms with Crippen LogP contribution in [0.5, 0.6) is 0 Å². The van der Waals surface area contributed by atoms with Crippen molar-refractivity contribution in [2.75, 3.05) is 19.8 Å². The van der Waals surface area contributed by atoms with Crippen molar-refractivity contribution in [3.05, 3.63) is 0 Å². The summed E-state index contributed by atoms with van der Waals surface area (Å²) < 4.78 is 11.2. The van der Waals surface area contributed by atoms with E-state index in [1.165, 1.54) is 0 Å². The Hall–Kier alpha value is -0.120. The van der Waals surface area contributed by atoms with Gasteiger partial charge in [0.15, 0.2) is 5.79 Å². The number of hydrogen-bond donors (Lipinski definition) is 1. The monoisotopic (exact) mass is 157 g/mol. The van der Waals surface area contributed by atoms with Gasteiger partial charge in [0, 0.05) is 12.0 Å². The molecule has 3 heteroatoms. The molecule has 1 N–H and O–H groups in total. The summed E-state index contributed by atoms with van der Waals surface area (Å²) in [7, 11) is 0. The van der Waals surface area contributed by atoms with Gasteiger partial charge in [-0.3, -0.25) is 0 Å². The molecule has 2 fully saturated rings. The molecule has 0 aromatic rings. The Morgan fingerprint density at radius 2 is 1.91 bits per heavy atom. The summed E-state index contributed by atoms with van der Waals surface area (Å²) in [4.78, 5) is 0. The minimum Gasteiger partial charge on any atom is -0.346 e. The van der Waals surface area contributed by atoms with E-state index in [2.05, 4.69) is 19.2 Å². The third-order valence-corrected chi connectivity index (χ3v) is 2.89. The zero-order chi connectivity index (χ0) is 7.90. The van der Waals surface area contributed by atoms with Gasteiger partial charge >= 0.3 is 0 Å². The molecule has 2 saturated heterocycles. The van der Waals surface area contributed by atoms with E-state index < -0.39 is 0 Å². The Bertz CT molecular complexity index is 154. The second-order valence-electron chi connectivity index (χ2n) is 3.47. The van der Waals surface area contributed by atoms with Gasteiger partial charge in [-0.05, 0) is 6.92 Å². The Balaban J connectivity index is 2.13. The molecule has 2 atom stereocenters. The van der Waals surface area contributed by atoms with Gasteiger partial charge in [0.05, 0.1) is 19.8 Å². The second kappa shape index (κ2) is 2.44. The molecule has 0 aromatic heterocycles. The zero-order valence-electron chi connectivity index (χ0n) is 7.09. The third-order valence-electron chi connectivity index (χ3n) is 2.89. The van der Waals surface area contributed by atoms with E-state index in [0.717, 1.165) is 19.8 Å². The number of ether oxygens (including phenoxy) is 2. The smallest absolute Gasteiger partial charge is 0.184 e. The number of hydrogen-bond acceptors (Lipinski definition) is 3. The van der Waals surface area contributed by atoms with Crippen molar-refractivity contribution in [2.24, 2.45) is 5.92 Å². The molecule has 0 aromatic carbocycles. The predicted molar refractivity (Wildman–Crippen MR) is 41.3 cm³/mol. The Labute approximate surface area is 67.1 Å². The molecule has 2 aliphatic rings.